The van der Waals surface area contributed by atoms with E-state index in [0.29, 0.717) is 0 Å². The summed E-state index contributed by atoms with van der Waals surface area (Å²) in [6.45, 7) is -6.98. The van der Waals surface area contributed by atoms with E-state index in [1.165, 1.54) is 0 Å². The van der Waals surface area contributed by atoms with Crippen LogP contribution in [-0.2, 0) is 47.4 Å². The highest BCUT2D eigenvalue weighted by Gasteiger charge is 2.63. The molecule has 0 aromatic heterocycles. The fourth-order valence-corrected chi connectivity index (χ4v) is 8.25. The van der Waals surface area contributed by atoms with Crippen molar-refractivity contribution in [2.24, 2.45) is 0 Å². The van der Waals surface area contributed by atoms with Gasteiger partial charge in [-0.2, -0.15) is 0 Å². The monoisotopic (exact) mass is 1010 g/mol. The van der Waals surface area contributed by atoms with Crippen molar-refractivity contribution in [3.05, 3.63) is 0 Å². The van der Waals surface area contributed by atoms with Crippen molar-refractivity contribution in [2.45, 2.75) is 171 Å². The van der Waals surface area contributed by atoms with Crippen molar-refractivity contribution in [1.29, 1.82) is 0 Å². The van der Waals surface area contributed by atoms with Gasteiger partial charge in [-0.1, -0.05) is 0 Å². The zero-order valence-electron chi connectivity index (χ0n) is 35.6. The predicted molar refractivity (Wildman–Crippen MR) is 203 cm³/mol. The molecule has 6 aliphatic heterocycles. The Labute approximate surface area is 383 Å². The third-order valence-electron chi connectivity index (χ3n) is 12.3. The van der Waals surface area contributed by atoms with Crippen LogP contribution in [0, 0.1) is 0 Å². The van der Waals surface area contributed by atoms with Crippen LogP contribution >= 0.6 is 0 Å². The minimum atomic E-state index is -2.43. The first-order chi connectivity index (χ1) is 32.1. The topological polar surface area (TPSA) is 537 Å². The van der Waals surface area contributed by atoms with Crippen LogP contribution in [0.5, 0.6) is 0 Å². The van der Waals surface area contributed by atoms with E-state index in [1.807, 2.05) is 0 Å². The Morgan fingerprint density at radius 3 is 0.750 bits per heavy atom. The molecule has 28 atom stereocenters. The molecule has 0 amide bonds. The van der Waals surface area contributed by atoms with Gasteiger partial charge in [0.1, 0.15) is 148 Å². The largest absolute Gasteiger partial charge is 0.394 e. The van der Waals surface area contributed by atoms with Crippen LogP contribution in [0.4, 0.5) is 0 Å². The first-order valence-corrected chi connectivity index (χ1v) is 21.1. The Bertz CT molecular complexity index is 1410. The molecule has 400 valence electrons. The van der Waals surface area contributed by atoms with Gasteiger partial charge < -0.3 is 160 Å². The molecule has 0 aliphatic carbocycles. The van der Waals surface area contributed by atoms with Gasteiger partial charge >= 0.3 is 0 Å². The van der Waals surface area contributed by atoms with Crippen LogP contribution < -0.4 is 0 Å². The Balaban J connectivity index is 0.000000254. The standard InChI is InChI=1S/2C18H32O16/c2*19-1-5-8(23)11(26)13(28)16(30-5)32-15-10(25)7(3-21)33-18(15,4-22)34-17-14(29)12(27)9(24)6(2-20)31-17/h2*5-17,19-29H,1-4H2/t2*5-,6-,7-,8?,9-,10-,11?,12+,13?,14-,15+,16-,17-,18+/m11/s1. The summed E-state index contributed by atoms with van der Waals surface area (Å²) in [6.07, 6.45) is -44.7. The lowest BCUT2D eigenvalue weighted by Crippen LogP contribution is -2.64. The molecule has 0 aromatic carbocycles. The number of hydrogen-bond acceptors (Lipinski definition) is 32. The lowest BCUT2D eigenvalue weighted by atomic mass is 9.98. The van der Waals surface area contributed by atoms with Crippen molar-refractivity contribution >= 4 is 0 Å². The average Bonchev–Trinajstić information content (AvgIpc) is 3.76. The lowest BCUT2D eigenvalue weighted by Gasteiger charge is -2.45. The maximum atomic E-state index is 10.6. The van der Waals surface area contributed by atoms with E-state index >= 15 is 0 Å². The lowest BCUT2D eigenvalue weighted by molar-refractivity contribution is -0.400. The predicted octanol–water partition coefficient (Wildman–Crippen LogP) is -15.1. The Morgan fingerprint density at radius 1 is 0.279 bits per heavy atom. The van der Waals surface area contributed by atoms with E-state index in [2.05, 4.69) is 0 Å². The summed E-state index contributed by atoms with van der Waals surface area (Å²) in [7, 11) is 0. The molecular weight excluding hydrogens is 944 g/mol. The molecule has 68 heavy (non-hydrogen) atoms. The van der Waals surface area contributed by atoms with E-state index < -0.39 is 224 Å². The van der Waals surface area contributed by atoms with Crippen molar-refractivity contribution in [3.8, 4) is 0 Å². The quantitative estimate of drug-likeness (QED) is 0.0683. The van der Waals surface area contributed by atoms with E-state index in [4.69, 9.17) is 47.4 Å². The zero-order valence-corrected chi connectivity index (χ0v) is 35.6. The van der Waals surface area contributed by atoms with Gasteiger partial charge in [-0.05, 0) is 0 Å². The van der Waals surface area contributed by atoms with Crippen LogP contribution in [0.1, 0.15) is 0 Å². The molecule has 32 heteroatoms. The summed E-state index contributed by atoms with van der Waals surface area (Å²) in [6, 6.07) is 0. The Hall–Kier alpha value is -1.28. The number of ether oxygens (including phenoxy) is 10. The third-order valence-corrected chi connectivity index (χ3v) is 12.3. The van der Waals surface area contributed by atoms with Crippen molar-refractivity contribution in [3.63, 3.8) is 0 Å². The van der Waals surface area contributed by atoms with Gasteiger partial charge in [0.2, 0.25) is 11.6 Å². The highest BCUT2D eigenvalue weighted by molar-refractivity contribution is 5.03. The van der Waals surface area contributed by atoms with Gasteiger partial charge in [0.25, 0.3) is 0 Å². The Kier molecular flexibility index (Phi) is 20.5. The molecule has 6 heterocycles. The minimum Gasteiger partial charge on any atom is -0.394 e. The van der Waals surface area contributed by atoms with E-state index in [0.717, 1.165) is 0 Å². The van der Waals surface area contributed by atoms with Crippen LogP contribution in [0.25, 0.3) is 0 Å². The molecule has 0 aromatic rings. The maximum Gasteiger partial charge on any atom is 0.224 e. The Morgan fingerprint density at radius 2 is 0.515 bits per heavy atom. The molecule has 0 spiro atoms. The highest BCUT2D eigenvalue weighted by Crippen LogP contribution is 2.41. The number of rotatable bonds is 16. The summed E-state index contributed by atoms with van der Waals surface area (Å²) >= 11 is 0. The molecule has 0 radical (unpaired) electrons. The smallest absolute Gasteiger partial charge is 0.224 e. The molecule has 32 nitrogen and oxygen atoms in total. The fourth-order valence-electron chi connectivity index (χ4n) is 8.25. The zero-order chi connectivity index (χ0) is 50.7. The highest BCUT2D eigenvalue weighted by atomic mass is 16.8. The first-order valence-electron chi connectivity index (χ1n) is 21.1. The van der Waals surface area contributed by atoms with Crippen molar-refractivity contribution < 1.29 is 160 Å². The molecule has 6 saturated heterocycles. The molecule has 6 aliphatic rings. The second-order valence-corrected chi connectivity index (χ2v) is 16.7. The molecule has 0 saturated carbocycles. The second-order valence-electron chi connectivity index (χ2n) is 16.7. The summed E-state index contributed by atoms with van der Waals surface area (Å²) < 4.78 is 53.9. The second kappa shape index (κ2) is 24.2. The molecular formula is C36H64O32. The van der Waals surface area contributed by atoms with Gasteiger partial charge in [-0.3, -0.25) is 0 Å². The third kappa shape index (κ3) is 11.3. The molecule has 6 fully saturated rings. The molecule has 0 bridgehead atoms. The van der Waals surface area contributed by atoms with Crippen molar-refractivity contribution in [1.82, 2.24) is 0 Å². The van der Waals surface area contributed by atoms with E-state index in [1.54, 1.807) is 0 Å². The van der Waals surface area contributed by atoms with Gasteiger partial charge in [0.15, 0.2) is 25.2 Å². The van der Waals surface area contributed by atoms with Crippen LogP contribution in [-0.4, -0.2) is 336 Å². The number of aliphatic hydroxyl groups is 22. The van der Waals surface area contributed by atoms with E-state index in [9.17, 15) is 112 Å². The van der Waals surface area contributed by atoms with E-state index in [-0.39, 0.29) is 0 Å². The SMILES string of the molecule is OC[C@H]1O[C@H](O[C@H]2[C@H](O)[C@@H](CO)O[C@@]2(CO)O[C@H]2O[C@H](CO)[C@@H](O)[C@H](O)[C@H]2O)C(O)C(O)C1O.OC[C@H]1O[C@H](O[C@H]2[C@H](O)[C@@H](CO)O[C@@]2(CO)O[C@H]2O[C@H](CO)[C@@H](O)[C@H](O)[C@H]2O)C(O)C(O)C1O. The molecule has 22 N–H and O–H groups in total. The van der Waals surface area contributed by atoms with Gasteiger partial charge in [-0.25, -0.2) is 0 Å². The fraction of sp³-hybridized carbons (Fsp3) is 1.00. The molecule has 6 rings (SSSR count). The van der Waals surface area contributed by atoms with Crippen LogP contribution in [0.3, 0.4) is 0 Å². The summed E-state index contributed by atoms with van der Waals surface area (Å²) in [5.74, 6) is -4.86. The first kappa shape index (κ1) is 57.6. The van der Waals surface area contributed by atoms with Gasteiger partial charge in [0.05, 0.1) is 39.6 Å². The molecule has 6 unspecified atom stereocenters. The van der Waals surface area contributed by atoms with Gasteiger partial charge in [-0.15, -0.1) is 0 Å². The summed E-state index contributed by atoms with van der Waals surface area (Å²) in [5, 5.41) is 219. The van der Waals surface area contributed by atoms with Gasteiger partial charge in [0, 0.05) is 0 Å². The summed E-state index contributed by atoms with van der Waals surface area (Å²) in [4.78, 5) is 0. The normalized spacial score (nSPS) is 52.1. The van der Waals surface area contributed by atoms with Crippen LogP contribution in [0.15, 0.2) is 0 Å². The maximum absolute atomic E-state index is 10.6. The number of hydrogen-bond donors (Lipinski definition) is 22. The summed E-state index contributed by atoms with van der Waals surface area (Å²) in [5.41, 5.74) is 0. The average molecular weight is 1010 g/mol. The number of aliphatic hydroxyl groups excluding tert-OH is 22. The minimum absolute atomic E-state index is 0.777. The van der Waals surface area contributed by atoms with Crippen LogP contribution in [0.2, 0.25) is 0 Å². The van der Waals surface area contributed by atoms with Crippen molar-refractivity contribution in [2.75, 3.05) is 52.9 Å².